The van der Waals surface area contributed by atoms with Gasteiger partial charge in [0, 0.05) is 44.1 Å². The molecule has 1 N–H and O–H groups in total. The van der Waals surface area contributed by atoms with Gasteiger partial charge in [0.1, 0.15) is 0 Å². The van der Waals surface area contributed by atoms with E-state index in [4.69, 9.17) is 0 Å². The van der Waals surface area contributed by atoms with Crippen molar-refractivity contribution in [2.75, 3.05) is 13.1 Å². The quantitative estimate of drug-likeness (QED) is 0.887. The Labute approximate surface area is 117 Å². The van der Waals surface area contributed by atoms with Crippen molar-refractivity contribution in [1.29, 1.82) is 0 Å². The van der Waals surface area contributed by atoms with E-state index in [0.717, 1.165) is 19.6 Å². The van der Waals surface area contributed by atoms with Crippen molar-refractivity contribution < 1.29 is 0 Å². The molecular weight excluding hydrogens is 234 g/mol. The van der Waals surface area contributed by atoms with E-state index in [9.17, 15) is 0 Å². The molecule has 3 nitrogen and oxygen atoms in total. The lowest BCUT2D eigenvalue weighted by Gasteiger charge is -2.44. The van der Waals surface area contributed by atoms with Crippen LogP contribution in [-0.2, 0) is 6.54 Å². The summed E-state index contributed by atoms with van der Waals surface area (Å²) in [4.78, 5) is 6.77. The molecule has 1 fully saturated rings. The Morgan fingerprint density at radius 3 is 2.79 bits per heavy atom. The predicted octanol–water partition coefficient (Wildman–Crippen LogP) is 2.60. The zero-order valence-corrected chi connectivity index (χ0v) is 12.9. The number of hydrogen-bond acceptors (Lipinski definition) is 3. The highest BCUT2D eigenvalue weighted by atomic mass is 15.2. The topological polar surface area (TPSA) is 28.2 Å². The third kappa shape index (κ3) is 3.54. The molecule has 0 radical (unpaired) electrons. The van der Waals surface area contributed by atoms with Gasteiger partial charge in [-0.1, -0.05) is 20.8 Å². The Balaban J connectivity index is 2.08. The van der Waals surface area contributed by atoms with Crippen LogP contribution in [0.3, 0.4) is 0 Å². The maximum atomic E-state index is 4.18. The fraction of sp³-hybridized carbons (Fsp3) is 0.688. The molecule has 2 heterocycles. The molecule has 2 atom stereocenters. The summed E-state index contributed by atoms with van der Waals surface area (Å²) in [5, 5.41) is 3.69. The van der Waals surface area contributed by atoms with Crippen LogP contribution in [0.2, 0.25) is 0 Å². The van der Waals surface area contributed by atoms with Gasteiger partial charge < -0.3 is 5.32 Å². The van der Waals surface area contributed by atoms with Gasteiger partial charge in [0.05, 0.1) is 0 Å². The van der Waals surface area contributed by atoms with Crippen LogP contribution >= 0.6 is 0 Å². The monoisotopic (exact) mass is 261 g/mol. The van der Waals surface area contributed by atoms with Crippen molar-refractivity contribution in [2.45, 2.75) is 53.2 Å². The van der Waals surface area contributed by atoms with E-state index in [1.54, 1.807) is 0 Å². The van der Waals surface area contributed by atoms with Crippen molar-refractivity contribution >= 4 is 0 Å². The van der Waals surface area contributed by atoms with Gasteiger partial charge in [-0.15, -0.1) is 0 Å². The lowest BCUT2D eigenvalue weighted by molar-refractivity contribution is 0.0875. The maximum Gasteiger partial charge on any atom is 0.0300 e. The molecule has 2 unspecified atom stereocenters. The largest absolute Gasteiger partial charge is 0.311 e. The number of rotatable bonds is 2. The first-order chi connectivity index (χ1) is 8.88. The second kappa shape index (κ2) is 5.59. The Morgan fingerprint density at radius 1 is 1.42 bits per heavy atom. The number of aromatic nitrogens is 1. The molecule has 0 aromatic carbocycles. The molecule has 1 saturated heterocycles. The maximum absolute atomic E-state index is 4.18. The van der Waals surface area contributed by atoms with Crippen molar-refractivity contribution in [3.05, 3.63) is 29.6 Å². The minimum Gasteiger partial charge on any atom is -0.311 e. The van der Waals surface area contributed by atoms with Crippen LogP contribution in [0.25, 0.3) is 0 Å². The zero-order valence-electron chi connectivity index (χ0n) is 12.9. The molecule has 0 aliphatic carbocycles. The second-order valence-electron chi connectivity index (χ2n) is 6.91. The highest BCUT2D eigenvalue weighted by Crippen LogP contribution is 2.24. The summed E-state index contributed by atoms with van der Waals surface area (Å²) in [5.41, 5.74) is 3.00. The zero-order chi connectivity index (χ0) is 14.0. The van der Waals surface area contributed by atoms with Crippen molar-refractivity contribution in [2.24, 2.45) is 5.41 Å². The molecule has 1 aliphatic rings. The number of aryl methyl sites for hydroxylation is 1. The second-order valence-corrected chi connectivity index (χ2v) is 6.91. The van der Waals surface area contributed by atoms with Gasteiger partial charge in [0.25, 0.3) is 0 Å². The smallest absolute Gasteiger partial charge is 0.0300 e. The molecule has 0 bridgehead atoms. The summed E-state index contributed by atoms with van der Waals surface area (Å²) < 4.78 is 0. The molecule has 0 saturated carbocycles. The number of pyridine rings is 1. The summed E-state index contributed by atoms with van der Waals surface area (Å²) in [6.45, 7) is 14.6. The first-order valence-electron chi connectivity index (χ1n) is 7.25. The molecule has 19 heavy (non-hydrogen) atoms. The highest BCUT2D eigenvalue weighted by Gasteiger charge is 2.32. The standard InChI is InChI=1S/C16H27N3/c1-12-8-17-7-6-14(12)10-19-11-15(16(3,4)5)18-9-13(19)2/h6-8,13,15,18H,9-11H2,1-5H3. The first kappa shape index (κ1) is 14.5. The van der Waals surface area contributed by atoms with Crippen molar-refractivity contribution in [3.63, 3.8) is 0 Å². The van der Waals surface area contributed by atoms with Gasteiger partial charge in [-0.2, -0.15) is 0 Å². The Morgan fingerprint density at radius 2 is 2.16 bits per heavy atom. The van der Waals surface area contributed by atoms with Gasteiger partial charge in [0.15, 0.2) is 0 Å². The Bertz CT molecular complexity index is 422. The molecule has 0 spiro atoms. The van der Waals surface area contributed by atoms with E-state index in [1.807, 2.05) is 12.4 Å². The van der Waals surface area contributed by atoms with Gasteiger partial charge in [-0.3, -0.25) is 9.88 Å². The summed E-state index contributed by atoms with van der Waals surface area (Å²) in [6.07, 6.45) is 3.86. The van der Waals surface area contributed by atoms with Crippen LogP contribution < -0.4 is 5.32 Å². The van der Waals surface area contributed by atoms with Gasteiger partial charge in [-0.05, 0) is 36.5 Å². The SMILES string of the molecule is Cc1cnccc1CN1CC(C(C)(C)C)NCC1C. The normalized spacial score (nSPS) is 25.5. The van der Waals surface area contributed by atoms with E-state index in [2.05, 4.69) is 55.9 Å². The van der Waals surface area contributed by atoms with Crippen molar-refractivity contribution in [3.8, 4) is 0 Å². The minimum absolute atomic E-state index is 0.311. The van der Waals surface area contributed by atoms with E-state index in [1.165, 1.54) is 11.1 Å². The third-order valence-electron chi connectivity index (χ3n) is 4.26. The van der Waals surface area contributed by atoms with Crippen molar-refractivity contribution in [1.82, 2.24) is 15.2 Å². The number of nitrogens with zero attached hydrogens (tertiary/aromatic N) is 2. The van der Waals surface area contributed by atoms with Gasteiger partial charge >= 0.3 is 0 Å². The van der Waals surface area contributed by atoms with Gasteiger partial charge in [0.2, 0.25) is 0 Å². The van der Waals surface area contributed by atoms with E-state index < -0.39 is 0 Å². The minimum atomic E-state index is 0.311. The number of nitrogens with one attached hydrogen (secondary N) is 1. The summed E-state index contributed by atoms with van der Waals surface area (Å²) in [6, 6.07) is 3.30. The van der Waals surface area contributed by atoms with Crippen LogP contribution in [0.1, 0.15) is 38.8 Å². The highest BCUT2D eigenvalue weighted by molar-refractivity contribution is 5.21. The molecule has 1 aliphatic heterocycles. The van der Waals surface area contributed by atoms with E-state index in [-0.39, 0.29) is 0 Å². The Hall–Kier alpha value is -0.930. The molecular formula is C16H27N3. The Kier molecular flexibility index (Phi) is 4.26. The predicted molar refractivity (Wildman–Crippen MR) is 80.1 cm³/mol. The van der Waals surface area contributed by atoms with Crippen LogP contribution in [0.15, 0.2) is 18.5 Å². The van der Waals surface area contributed by atoms with Crippen LogP contribution in [0, 0.1) is 12.3 Å². The molecule has 3 heteroatoms. The van der Waals surface area contributed by atoms with Crippen LogP contribution in [0.4, 0.5) is 0 Å². The number of hydrogen-bond donors (Lipinski definition) is 1. The molecule has 1 aromatic heterocycles. The molecule has 2 rings (SSSR count). The summed E-state index contributed by atoms with van der Waals surface area (Å²) in [7, 11) is 0. The fourth-order valence-electron chi connectivity index (χ4n) is 2.62. The van der Waals surface area contributed by atoms with E-state index in [0.29, 0.717) is 17.5 Å². The lowest BCUT2D eigenvalue weighted by atomic mass is 9.84. The van der Waals surface area contributed by atoms with Crippen LogP contribution in [0.5, 0.6) is 0 Å². The fourth-order valence-corrected chi connectivity index (χ4v) is 2.62. The summed E-state index contributed by atoms with van der Waals surface area (Å²) >= 11 is 0. The van der Waals surface area contributed by atoms with Gasteiger partial charge in [-0.25, -0.2) is 0 Å². The van der Waals surface area contributed by atoms with Crippen LogP contribution in [-0.4, -0.2) is 35.1 Å². The first-order valence-corrected chi connectivity index (χ1v) is 7.25. The molecule has 1 aromatic rings. The lowest BCUT2D eigenvalue weighted by Crippen LogP contribution is -2.59. The number of piperazine rings is 1. The summed E-state index contributed by atoms with van der Waals surface area (Å²) in [5.74, 6) is 0. The molecule has 0 amide bonds. The van der Waals surface area contributed by atoms with E-state index >= 15 is 0 Å². The average Bonchev–Trinajstić information content (AvgIpc) is 2.33. The average molecular weight is 261 g/mol. The molecule has 106 valence electrons. The third-order valence-corrected chi connectivity index (χ3v) is 4.26.